The van der Waals surface area contributed by atoms with Crippen molar-refractivity contribution in [3.8, 4) is 0 Å². The van der Waals surface area contributed by atoms with Gasteiger partial charge < -0.3 is 10.2 Å². The monoisotopic (exact) mass is 250 g/mol. The summed E-state index contributed by atoms with van der Waals surface area (Å²) in [6, 6.07) is 6.89. The van der Waals surface area contributed by atoms with E-state index in [9.17, 15) is 4.39 Å². The van der Waals surface area contributed by atoms with Crippen LogP contribution < -0.4 is 10.2 Å². The van der Waals surface area contributed by atoms with Crippen LogP contribution in [0.4, 0.5) is 10.1 Å². The van der Waals surface area contributed by atoms with Crippen molar-refractivity contribution in [1.29, 1.82) is 0 Å². The number of rotatable bonds is 4. The van der Waals surface area contributed by atoms with E-state index in [0.29, 0.717) is 0 Å². The van der Waals surface area contributed by atoms with E-state index < -0.39 is 0 Å². The zero-order valence-electron chi connectivity index (χ0n) is 11.4. The maximum atomic E-state index is 13.3. The average molecular weight is 250 g/mol. The third-order valence-corrected chi connectivity index (χ3v) is 3.80. The molecule has 1 aliphatic heterocycles. The van der Waals surface area contributed by atoms with Gasteiger partial charge in [-0.1, -0.05) is 12.5 Å². The van der Waals surface area contributed by atoms with Gasteiger partial charge in [0.25, 0.3) is 0 Å². The molecule has 0 bridgehead atoms. The van der Waals surface area contributed by atoms with Crippen molar-refractivity contribution in [2.75, 3.05) is 24.5 Å². The molecule has 1 N–H and O–H groups in total. The zero-order chi connectivity index (χ0) is 13.0. The third kappa shape index (κ3) is 3.22. The number of benzene rings is 1. The van der Waals surface area contributed by atoms with Gasteiger partial charge in [0.2, 0.25) is 0 Å². The Balaban J connectivity index is 2.09. The highest BCUT2D eigenvalue weighted by Gasteiger charge is 2.28. The van der Waals surface area contributed by atoms with Gasteiger partial charge in [0.1, 0.15) is 5.82 Å². The largest absolute Gasteiger partial charge is 0.370 e. The second kappa shape index (κ2) is 5.70. The predicted molar refractivity (Wildman–Crippen MR) is 74.5 cm³/mol. The quantitative estimate of drug-likeness (QED) is 0.883. The molecule has 1 aromatic rings. The van der Waals surface area contributed by atoms with E-state index in [2.05, 4.69) is 24.1 Å². The summed E-state index contributed by atoms with van der Waals surface area (Å²) in [6.07, 6.45) is 3.74. The van der Waals surface area contributed by atoms with Crippen molar-refractivity contribution < 1.29 is 4.39 Å². The summed E-state index contributed by atoms with van der Waals surface area (Å²) in [5, 5.41) is 3.61. The maximum Gasteiger partial charge on any atom is 0.125 e. The molecule has 1 aromatic carbocycles. The fourth-order valence-corrected chi connectivity index (χ4v) is 2.73. The average Bonchev–Trinajstić information content (AvgIpc) is 2.37. The van der Waals surface area contributed by atoms with E-state index in [0.717, 1.165) is 25.3 Å². The molecule has 1 aliphatic rings. The normalized spacial score (nSPS) is 23.9. The van der Waals surface area contributed by atoms with E-state index in [1.165, 1.54) is 25.3 Å². The Kier molecular flexibility index (Phi) is 4.23. The Hall–Kier alpha value is -1.09. The van der Waals surface area contributed by atoms with Gasteiger partial charge >= 0.3 is 0 Å². The molecule has 1 fully saturated rings. The maximum absolute atomic E-state index is 13.3. The number of halogens is 1. The highest BCUT2D eigenvalue weighted by atomic mass is 19.1. The number of hydrogen-bond donors (Lipinski definition) is 1. The van der Waals surface area contributed by atoms with E-state index in [1.54, 1.807) is 12.1 Å². The molecule has 0 radical (unpaired) electrons. The SMILES string of the molecule is CCN(CC1(C)CCCCN1)c1cccc(F)c1. The summed E-state index contributed by atoms with van der Waals surface area (Å²) in [4.78, 5) is 2.25. The smallest absolute Gasteiger partial charge is 0.125 e. The number of hydrogen-bond acceptors (Lipinski definition) is 2. The summed E-state index contributed by atoms with van der Waals surface area (Å²) in [5.41, 5.74) is 1.13. The van der Waals surface area contributed by atoms with Gasteiger partial charge in [0.05, 0.1) is 0 Å². The molecule has 0 amide bonds. The Morgan fingerprint density at radius 1 is 1.39 bits per heavy atom. The van der Waals surface area contributed by atoms with Gasteiger partial charge in [-0.05, 0) is 51.4 Å². The molecule has 1 saturated heterocycles. The summed E-state index contributed by atoms with van der Waals surface area (Å²) in [6.45, 7) is 7.33. The molecular formula is C15H23FN2. The second-order valence-electron chi connectivity index (χ2n) is 5.44. The molecule has 0 aliphatic carbocycles. The number of nitrogens with zero attached hydrogens (tertiary/aromatic N) is 1. The Labute approximate surface area is 109 Å². The van der Waals surface area contributed by atoms with Crippen LogP contribution in [0.25, 0.3) is 0 Å². The first kappa shape index (κ1) is 13.3. The van der Waals surface area contributed by atoms with Crippen LogP contribution in [0.15, 0.2) is 24.3 Å². The van der Waals surface area contributed by atoms with E-state index >= 15 is 0 Å². The Bertz CT molecular complexity index is 386. The van der Waals surface area contributed by atoms with Gasteiger partial charge in [-0.25, -0.2) is 4.39 Å². The number of likely N-dealkylation sites (N-methyl/N-ethyl adjacent to an activating group) is 1. The summed E-state index contributed by atoms with van der Waals surface area (Å²) >= 11 is 0. The molecule has 18 heavy (non-hydrogen) atoms. The molecular weight excluding hydrogens is 227 g/mol. The Morgan fingerprint density at radius 2 is 2.22 bits per heavy atom. The predicted octanol–water partition coefficient (Wildman–Crippen LogP) is 3.18. The molecule has 1 unspecified atom stereocenters. The van der Waals surface area contributed by atoms with Gasteiger partial charge in [0.15, 0.2) is 0 Å². The van der Waals surface area contributed by atoms with Gasteiger partial charge in [-0.15, -0.1) is 0 Å². The van der Waals surface area contributed by atoms with Crippen LogP contribution in [0.5, 0.6) is 0 Å². The van der Waals surface area contributed by atoms with E-state index in [4.69, 9.17) is 0 Å². The standard InChI is InChI=1S/C15H23FN2/c1-3-18(14-8-6-7-13(16)11-14)12-15(2)9-4-5-10-17-15/h6-8,11,17H,3-5,9-10,12H2,1-2H3. The summed E-state index contributed by atoms with van der Waals surface area (Å²) < 4.78 is 13.3. The molecule has 3 heteroatoms. The van der Waals surface area contributed by atoms with E-state index in [1.807, 2.05) is 6.07 Å². The summed E-state index contributed by atoms with van der Waals surface area (Å²) in [7, 11) is 0. The molecule has 2 nitrogen and oxygen atoms in total. The number of piperidine rings is 1. The molecule has 2 rings (SSSR count). The lowest BCUT2D eigenvalue weighted by atomic mass is 9.90. The summed E-state index contributed by atoms with van der Waals surface area (Å²) in [5.74, 6) is -0.160. The van der Waals surface area contributed by atoms with Crippen LogP contribution in [-0.4, -0.2) is 25.2 Å². The van der Waals surface area contributed by atoms with Crippen molar-refractivity contribution in [1.82, 2.24) is 5.32 Å². The van der Waals surface area contributed by atoms with Crippen molar-refractivity contribution in [3.05, 3.63) is 30.1 Å². The van der Waals surface area contributed by atoms with Crippen molar-refractivity contribution >= 4 is 5.69 Å². The molecule has 0 spiro atoms. The molecule has 1 heterocycles. The molecule has 0 saturated carbocycles. The lowest BCUT2D eigenvalue weighted by molar-refractivity contribution is 0.281. The first-order valence-corrected chi connectivity index (χ1v) is 6.88. The minimum absolute atomic E-state index is 0.153. The first-order chi connectivity index (χ1) is 8.63. The molecule has 1 atom stereocenters. The van der Waals surface area contributed by atoms with Crippen LogP contribution in [0.2, 0.25) is 0 Å². The van der Waals surface area contributed by atoms with E-state index in [-0.39, 0.29) is 11.4 Å². The van der Waals surface area contributed by atoms with Crippen LogP contribution >= 0.6 is 0 Å². The van der Waals surface area contributed by atoms with Gasteiger partial charge in [-0.3, -0.25) is 0 Å². The highest BCUT2D eigenvalue weighted by Crippen LogP contribution is 2.23. The van der Waals surface area contributed by atoms with Gasteiger partial charge in [-0.2, -0.15) is 0 Å². The topological polar surface area (TPSA) is 15.3 Å². The van der Waals surface area contributed by atoms with Crippen LogP contribution in [0, 0.1) is 5.82 Å². The van der Waals surface area contributed by atoms with Crippen LogP contribution in [0.3, 0.4) is 0 Å². The number of nitrogens with one attached hydrogen (secondary N) is 1. The highest BCUT2D eigenvalue weighted by molar-refractivity contribution is 5.46. The lowest BCUT2D eigenvalue weighted by Gasteiger charge is -2.40. The first-order valence-electron chi connectivity index (χ1n) is 6.88. The molecule has 0 aromatic heterocycles. The Morgan fingerprint density at radius 3 is 2.83 bits per heavy atom. The minimum atomic E-state index is -0.160. The van der Waals surface area contributed by atoms with Gasteiger partial charge in [0, 0.05) is 24.3 Å². The van der Waals surface area contributed by atoms with Crippen LogP contribution in [-0.2, 0) is 0 Å². The van der Waals surface area contributed by atoms with Crippen molar-refractivity contribution in [2.24, 2.45) is 0 Å². The van der Waals surface area contributed by atoms with Crippen LogP contribution in [0.1, 0.15) is 33.1 Å². The molecule has 100 valence electrons. The van der Waals surface area contributed by atoms with Crippen molar-refractivity contribution in [2.45, 2.75) is 38.6 Å². The minimum Gasteiger partial charge on any atom is -0.370 e. The fourth-order valence-electron chi connectivity index (χ4n) is 2.73. The zero-order valence-corrected chi connectivity index (χ0v) is 11.4. The lowest BCUT2D eigenvalue weighted by Crippen LogP contribution is -2.53. The number of anilines is 1. The fraction of sp³-hybridized carbons (Fsp3) is 0.600. The second-order valence-corrected chi connectivity index (χ2v) is 5.44. The third-order valence-electron chi connectivity index (χ3n) is 3.80. The van der Waals surface area contributed by atoms with Crippen molar-refractivity contribution in [3.63, 3.8) is 0 Å².